The van der Waals surface area contributed by atoms with Crippen LogP contribution in [0.1, 0.15) is 32.1 Å². The van der Waals surface area contributed by atoms with Crippen LogP contribution in [0.5, 0.6) is 0 Å². The molecule has 3 fully saturated rings. The lowest BCUT2D eigenvalue weighted by Crippen LogP contribution is -2.47. The molecule has 18 heavy (non-hydrogen) atoms. The number of rotatable bonds is 4. The number of fused-ring (bicyclic) bond motifs is 1. The predicted molar refractivity (Wildman–Crippen MR) is 66.8 cm³/mol. The van der Waals surface area contributed by atoms with Gasteiger partial charge in [-0.05, 0) is 44.1 Å². The average Bonchev–Trinajstić information content (AvgIpc) is 2.90. The first-order chi connectivity index (χ1) is 8.74. The second kappa shape index (κ2) is 4.88. The molecule has 1 saturated heterocycles. The summed E-state index contributed by atoms with van der Waals surface area (Å²) in [6, 6.07) is 0.282. The Kier molecular flexibility index (Phi) is 3.24. The highest BCUT2D eigenvalue weighted by molar-refractivity contribution is 5.88. The third-order valence-electron chi connectivity index (χ3n) is 4.39. The lowest BCUT2D eigenvalue weighted by Gasteiger charge is -2.17. The molecule has 1 heterocycles. The molecule has 2 amide bonds. The number of hydrogen-bond acceptors (Lipinski definition) is 3. The van der Waals surface area contributed by atoms with Gasteiger partial charge < -0.3 is 16.0 Å². The summed E-state index contributed by atoms with van der Waals surface area (Å²) in [5, 5.41) is 8.92. The monoisotopic (exact) mass is 251 g/mol. The standard InChI is InChI=1S/C13H21N3O2/c17-11(16-9-4-5-9)7-15-13(18)12-10-3-1-2-8(10)6-14-12/h8-10,12,14H,1-7H2,(H,15,18)(H,16,17). The Bertz CT molecular complexity index is 354. The molecule has 0 aromatic rings. The van der Waals surface area contributed by atoms with Gasteiger partial charge in [0.25, 0.3) is 0 Å². The fourth-order valence-electron chi connectivity index (χ4n) is 3.26. The summed E-state index contributed by atoms with van der Waals surface area (Å²) in [7, 11) is 0. The molecule has 0 bridgehead atoms. The minimum absolute atomic E-state index is 0.00431. The summed E-state index contributed by atoms with van der Waals surface area (Å²) in [6.45, 7) is 1.07. The molecule has 0 aromatic heterocycles. The molecular weight excluding hydrogens is 230 g/mol. The quantitative estimate of drug-likeness (QED) is 0.646. The van der Waals surface area contributed by atoms with E-state index in [2.05, 4.69) is 16.0 Å². The molecule has 2 aliphatic carbocycles. The Morgan fingerprint density at radius 1 is 1.17 bits per heavy atom. The first-order valence-electron chi connectivity index (χ1n) is 7.04. The molecule has 3 N–H and O–H groups in total. The molecular formula is C13H21N3O2. The number of nitrogens with one attached hydrogen (secondary N) is 3. The Balaban J connectivity index is 1.44. The second-order valence-corrected chi connectivity index (χ2v) is 5.80. The smallest absolute Gasteiger partial charge is 0.239 e. The third-order valence-corrected chi connectivity index (χ3v) is 4.39. The first kappa shape index (κ1) is 12.0. The van der Waals surface area contributed by atoms with Gasteiger partial charge in [0.2, 0.25) is 11.8 Å². The molecule has 1 aliphatic heterocycles. The first-order valence-corrected chi connectivity index (χ1v) is 7.04. The van der Waals surface area contributed by atoms with Crippen LogP contribution in [-0.4, -0.2) is 37.0 Å². The van der Waals surface area contributed by atoms with E-state index in [4.69, 9.17) is 0 Å². The maximum Gasteiger partial charge on any atom is 0.239 e. The van der Waals surface area contributed by atoms with Crippen LogP contribution >= 0.6 is 0 Å². The summed E-state index contributed by atoms with van der Waals surface area (Å²) in [5.74, 6) is 1.08. The van der Waals surface area contributed by atoms with E-state index in [1.165, 1.54) is 12.8 Å². The SMILES string of the molecule is O=C(CNC(=O)C1NCC2CCCC21)NC1CC1. The normalized spacial score (nSPS) is 34.1. The molecule has 5 nitrogen and oxygen atoms in total. The Labute approximate surface area is 107 Å². The van der Waals surface area contributed by atoms with Gasteiger partial charge in [0.15, 0.2) is 0 Å². The zero-order valence-electron chi connectivity index (χ0n) is 10.6. The van der Waals surface area contributed by atoms with E-state index >= 15 is 0 Å². The number of amides is 2. The van der Waals surface area contributed by atoms with Gasteiger partial charge in [-0.1, -0.05) is 6.42 Å². The van der Waals surface area contributed by atoms with E-state index in [1.54, 1.807) is 0 Å². The van der Waals surface area contributed by atoms with Crippen LogP contribution in [0.2, 0.25) is 0 Å². The van der Waals surface area contributed by atoms with Crippen LogP contribution < -0.4 is 16.0 Å². The molecule has 3 aliphatic rings. The van der Waals surface area contributed by atoms with Crippen molar-refractivity contribution in [2.24, 2.45) is 11.8 Å². The highest BCUT2D eigenvalue weighted by Crippen LogP contribution is 2.37. The minimum Gasteiger partial charge on any atom is -0.352 e. The molecule has 3 atom stereocenters. The highest BCUT2D eigenvalue weighted by Gasteiger charge is 2.42. The van der Waals surface area contributed by atoms with Crippen LogP contribution in [-0.2, 0) is 9.59 Å². The molecule has 3 rings (SSSR count). The maximum atomic E-state index is 12.0. The highest BCUT2D eigenvalue weighted by atomic mass is 16.2. The summed E-state index contributed by atoms with van der Waals surface area (Å²) in [4.78, 5) is 23.5. The summed E-state index contributed by atoms with van der Waals surface area (Å²) < 4.78 is 0. The van der Waals surface area contributed by atoms with Gasteiger partial charge in [-0.15, -0.1) is 0 Å². The largest absolute Gasteiger partial charge is 0.352 e. The third kappa shape index (κ3) is 2.51. The summed E-state index contributed by atoms with van der Waals surface area (Å²) in [5.41, 5.74) is 0. The van der Waals surface area contributed by atoms with Gasteiger partial charge in [-0.2, -0.15) is 0 Å². The van der Waals surface area contributed by atoms with Gasteiger partial charge in [-0.3, -0.25) is 9.59 Å². The van der Waals surface area contributed by atoms with Gasteiger partial charge in [0, 0.05) is 6.04 Å². The molecule has 0 aromatic carbocycles. The Hall–Kier alpha value is -1.10. The number of carbonyl (C=O) groups excluding carboxylic acids is 2. The molecule has 0 spiro atoms. The van der Waals surface area contributed by atoms with Gasteiger partial charge in [0.1, 0.15) is 0 Å². The van der Waals surface area contributed by atoms with E-state index in [9.17, 15) is 9.59 Å². The van der Waals surface area contributed by atoms with Crippen LogP contribution in [0.15, 0.2) is 0 Å². The van der Waals surface area contributed by atoms with Crippen molar-refractivity contribution in [3.8, 4) is 0 Å². The van der Waals surface area contributed by atoms with E-state index in [-0.39, 0.29) is 24.4 Å². The molecule has 5 heteroatoms. The molecule has 0 radical (unpaired) electrons. The van der Waals surface area contributed by atoms with Gasteiger partial charge in [-0.25, -0.2) is 0 Å². The van der Waals surface area contributed by atoms with Gasteiger partial charge >= 0.3 is 0 Å². The zero-order chi connectivity index (χ0) is 12.5. The molecule has 3 unspecified atom stereocenters. The van der Waals surface area contributed by atoms with Crippen molar-refractivity contribution >= 4 is 11.8 Å². The Morgan fingerprint density at radius 2 is 2.00 bits per heavy atom. The second-order valence-electron chi connectivity index (χ2n) is 5.80. The van der Waals surface area contributed by atoms with E-state index in [1.807, 2.05) is 0 Å². The fourth-order valence-corrected chi connectivity index (χ4v) is 3.26. The van der Waals surface area contributed by atoms with E-state index in [0.717, 1.165) is 25.8 Å². The lowest BCUT2D eigenvalue weighted by molar-refractivity contribution is -0.127. The predicted octanol–water partition coefficient (Wildman–Crippen LogP) is -0.231. The molecule has 2 saturated carbocycles. The van der Waals surface area contributed by atoms with Crippen LogP contribution in [0.4, 0.5) is 0 Å². The van der Waals surface area contributed by atoms with Crippen molar-refractivity contribution in [1.82, 2.24) is 16.0 Å². The Morgan fingerprint density at radius 3 is 2.78 bits per heavy atom. The zero-order valence-corrected chi connectivity index (χ0v) is 10.6. The van der Waals surface area contributed by atoms with Gasteiger partial charge in [0.05, 0.1) is 12.6 Å². The van der Waals surface area contributed by atoms with Crippen molar-refractivity contribution in [1.29, 1.82) is 0 Å². The minimum atomic E-state index is -0.0776. The van der Waals surface area contributed by atoms with E-state index < -0.39 is 0 Å². The van der Waals surface area contributed by atoms with Crippen molar-refractivity contribution in [3.63, 3.8) is 0 Å². The molecule has 100 valence electrons. The van der Waals surface area contributed by atoms with E-state index in [0.29, 0.717) is 17.9 Å². The fraction of sp³-hybridized carbons (Fsp3) is 0.846. The topological polar surface area (TPSA) is 70.2 Å². The number of hydrogen-bond donors (Lipinski definition) is 3. The van der Waals surface area contributed by atoms with Crippen LogP contribution in [0, 0.1) is 11.8 Å². The summed E-state index contributed by atoms with van der Waals surface area (Å²) in [6.07, 6.45) is 5.78. The lowest BCUT2D eigenvalue weighted by atomic mass is 9.94. The van der Waals surface area contributed by atoms with Crippen molar-refractivity contribution in [2.75, 3.05) is 13.1 Å². The maximum absolute atomic E-state index is 12.0. The average molecular weight is 251 g/mol. The van der Waals surface area contributed by atoms with Crippen molar-refractivity contribution in [3.05, 3.63) is 0 Å². The summed E-state index contributed by atoms with van der Waals surface area (Å²) >= 11 is 0. The van der Waals surface area contributed by atoms with Crippen molar-refractivity contribution in [2.45, 2.75) is 44.2 Å². The van der Waals surface area contributed by atoms with Crippen LogP contribution in [0.25, 0.3) is 0 Å². The van der Waals surface area contributed by atoms with Crippen LogP contribution in [0.3, 0.4) is 0 Å². The number of carbonyl (C=O) groups is 2. The van der Waals surface area contributed by atoms with Crippen molar-refractivity contribution < 1.29 is 9.59 Å².